The van der Waals surface area contributed by atoms with E-state index >= 15 is 0 Å². The summed E-state index contributed by atoms with van der Waals surface area (Å²) in [6.07, 6.45) is 1.51. The first-order valence-corrected chi connectivity index (χ1v) is 8.73. The normalized spacial score (nSPS) is 15.0. The summed E-state index contributed by atoms with van der Waals surface area (Å²) in [7, 11) is 0. The molecule has 0 aliphatic carbocycles. The van der Waals surface area contributed by atoms with E-state index in [0.29, 0.717) is 26.2 Å². The highest BCUT2D eigenvalue weighted by Crippen LogP contribution is 2.30. The molecule has 0 fully saturated rings. The van der Waals surface area contributed by atoms with Crippen molar-refractivity contribution in [2.45, 2.75) is 45.7 Å². The van der Waals surface area contributed by atoms with Crippen LogP contribution in [0.25, 0.3) is 0 Å². The number of hydrogen-bond donors (Lipinski definition) is 3. The van der Waals surface area contributed by atoms with Crippen molar-refractivity contribution < 1.29 is 19.1 Å². The molecule has 2 rings (SSSR count). The van der Waals surface area contributed by atoms with E-state index in [0.717, 1.165) is 23.5 Å². The average Bonchev–Trinajstić information content (AvgIpc) is 2.61. The number of hydrogen-bond acceptors (Lipinski definition) is 4. The second-order valence-corrected chi connectivity index (χ2v) is 6.17. The van der Waals surface area contributed by atoms with Gasteiger partial charge in [-0.1, -0.05) is 13.0 Å². The maximum atomic E-state index is 11.9. The monoisotopic (exact) mass is 349 g/mol. The van der Waals surface area contributed by atoms with Crippen LogP contribution in [0.15, 0.2) is 18.2 Å². The minimum absolute atomic E-state index is 0.0926. The highest BCUT2D eigenvalue weighted by Gasteiger charge is 2.16. The Morgan fingerprint density at radius 2 is 1.84 bits per heavy atom. The summed E-state index contributed by atoms with van der Waals surface area (Å²) >= 11 is 0. The van der Waals surface area contributed by atoms with Crippen LogP contribution in [0.3, 0.4) is 0 Å². The molecular weight excluding hydrogens is 322 g/mol. The summed E-state index contributed by atoms with van der Waals surface area (Å²) in [5.74, 6) is 1.31. The maximum Gasteiger partial charge on any atom is 0.315 e. The van der Waals surface area contributed by atoms with Gasteiger partial charge in [0.25, 0.3) is 0 Å². The number of rotatable bonds is 7. The molecule has 3 N–H and O–H groups in total. The molecule has 0 radical (unpaired) electrons. The third-order valence-corrected chi connectivity index (χ3v) is 4.05. The Balaban J connectivity index is 1.72. The molecule has 1 aliphatic rings. The van der Waals surface area contributed by atoms with E-state index in [9.17, 15) is 9.59 Å². The van der Waals surface area contributed by atoms with E-state index in [2.05, 4.69) is 16.0 Å². The highest BCUT2D eigenvalue weighted by atomic mass is 16.6. The molecule has 1 aromatic carbocycles. The Labute approximate surface area is 148 Å². The fourth-order valence-corrected chi connectivity index (χ4v) is 2.35. The Morgan fingerprint density at radius 3 is 2.56 bits per heavy atom. The highest BCUT2D eigenvalue weighted by molar-refractivity contribution is 5.86. The molecule has 0 saturated heterocycles. The van der Waals surface area contributed by atoms with Crippen molar-refractivity contribution in [1.29, 1.82) is 0 Å². The van der Waals surface area contributed by atoms with Crippen molar-refractivity contribution >= 4 is 11.9 Å². The zero-order valence-electron chi connectivity index (χ0n) is 15.1. The number of carbonyl (C=O) groups is 2. The van der Waals surface area contributed by atoms with Gasteiger partial charge in [-0.2, -0.15) is 0 Å². The predicted molar refractivity (Wildman–Crippen MR) is 95.0 cm³/mol. The summed E-state index contributed by atoms with van der Waals surface area (Å²) in [6.45, 7) is 7.17. The van der Waals surface area contributed by atoms with Crippen molar-refractivity contribution in [2.75, 3.05) is 19.8 Å². The summed E-state index contributed by atoms with van der Waals surface area (Å²) in [6, 6.07) is 4.92. The fraction of sp³-hybridized carbons (Fsp3) is 0.556. The van der Waals surface area contributed by atoms with Crippen LogP contribution >= 0.6 is 0 Å². The Morgan fingerprint density at radius 1 is 1.12 bits per heavy atom. The van der Waals surface area contributed by atoms with E-state index in [1.165, 1.54) is 0 Å². The second-order valence-electron chi connectivity index (χ2n) is 6.17. The van der Waals surface area contributed by atoms with Gasteiger partial charge in [0.05, 0.1) is 0 Å². The Bertz CT molecular complexity index is 606. The molecule has 7 nitrogen and oxygen atoms in total. The van der Waals surface area contributed by atoms with Crippen LogP contribution < -0.4 is 25.4 Å². The predicted octanol–water partition coefficient (Wildman–Crippen LogP) is 1.60. The molecule has 1 heterocycles. The zero-order chi connectivity index (χ0) is 18.2. The lowest BCUT2D eigenvalue weighted by Gasteiger charge is -2.19. The molecule has 1 aliphatic heterocycles. The molecular formula is C18H27N3O4. The number of nitrogens with one attached hydrogen (secondary N) is 3. The summed E-state index contributed by atoms with van der Waals surface area (Å²) in [4.78, 5) is 23.8. The first-order chi connectivity index (χ1) is 12.0. The quantitative estimate of drug-likeness (QED) is 0.698. The molecule has 0 unspecified atom stereocenters. The van der Waals surface area contributed by atoms with Crippen LogP contribution in [0, 0.1) is 0 Å². The number of carbonyl (C=O) groups excluding carboxylic acids is 2. The van der Waals surface area contributed by atoms with Gasteiger partial charge in [0, 0.05) is 12.6 Å². The minimum atomic E-state index is -0.580. The van der Waals surface area contributed by atoms with Gasteiger partial charge in [0.15, 0.2) is 11.5 Å². The van der Waals surface area contributed by atoms with E-state index < -0.39 is 6.04 Å². The van der Waals surface area contributed by atoms with Crippen molar-refractivity contribution in [3.63, 3.8) is 0 Å². The minimum Gasteiger partial charge on any atom is -0.486 e. The lowest BCUT2D eigenvalue weighted by molar-refractivity contribution is -0.123. The maximum absolute atomic E-state index is 11.9. The lowest BCUT2D eigenvalue weighted by atomic mass is 10.1. The van der Waals surface area contributed by atoms with Gasteiger partial charge < -0.3 is 25.4 Å². The van der Waals surface area contributed by atoms with Crippen LogP contribution in [0.2, 0.25) is 0 Å². The van der Waals surface area contributed by atoms with E-state index in [4.69, 9.17) is 9.47 Å². The molecule has 0 aromatic heterocycles. The summed E-state index contributed by atoms with van der Waals surface area (Å²) in [5.41, 5.74) is 1.05. The van der Waals surface area contributed by atoms with Gasteiger partial charge in [0.1, 0.15) is 19.3 Å². The van der Waals surface area contributed by atoms with Crippen molar-refractivity contribution in [1.82, 2.24) is 16.0 Å². The topological polar surface area (TPSA) is 88.7 Å². The molecule has 0 saturated carbocycles. The number of fused-ring (bicyclic) bond motifs is 1. The largest absolute Gasteiger partial charge is 0.486 e. The van der Waals surface area contributed by atoms with Gasteiger partial charge in [0.2, 0.25) is 5.91 Å². The first kappa shape index (κ1) is 18.9. The molecule has 2 atom stereocenters. The van der Waals surface area contributed by atoms with Crippen LogP contribution in [0.1, 0.15) is 32.8 Å². The number of ether oxygens (including phenoxy) is 2. The van der Waals surface area contributed by atoms with Crippen LogP contribution in [-0.4, -0.2) is 43.8 Å². The van der Waals surface area contributed by atoms with Crippen molar-refractivity contribution in [2.24, 2.45) is 0 Å². The number of benzene rings is 1. The van der Waals surface area contributed by atoms with Gasteiger partial charge >= 0.3 is 6.03 Å². The van der Waals surface area contributed by atoms with Crippen LogP contribution in [0.5, 0.6) is 11.5 Å². The lowest BCUT2D eigenvalue weighted by Crippen LogP contribution is -2.50. The molecule has 1 aromatic rings. The van der Waals surface area contributed by atoms with Crippen LogP contribution in [0.4, 0.5) is 4.79 Å². The molecule has 0 bridgehead atoms. The van der Waals surface area contributed by atoms with Crippen molar-refractivity contribution in [3.05, 3.63) is 23.8 Å². The van der Waals surface area contributed by atoms with E-state index in [1.54, 1.807) is 6.92 Å². The molecule has 25 heavy (non-hydrogen) atoms. The third kappa shape index (κ3) is 5.85. The molecule has 0 spiro atoms. The van der Waals surface area contributed by atoms with E-state index in [-0.39, 0.29) is 18.0 Å². The van der Waals surface area contributed by atoms with Gasteiger partial charge in [-0.25, -0.2) is 4.79 Å². The number of amides is 3. The Hall–Kier alpha value is -2.44. The second kappa shape index (κ2) is 9.15. The summed E-state index contributed by atoms with van der Waals surface area (Å²) in [5, 5.41) is 8.24. The number of urea groups is 1. The van der Waals surface area contributed by atoms with Gasteiger partial charge in [-0.3, -0.25) is 4.79 Å². The molecule has 138 valence electrons. The Kier molecular flexibility index (Phi) is 6.91. The van der Waals surface area contributed by atoms with Gasteiger partial charge in [-0.15, -0.1) is 0 Å². The van der Waals surface area contributed by atoms with Gasteiger partial charge in [-0.05, 0) is 44.4 Å². The van der Waals surface area contributed by atoms with Crippen LogP contribution in [-0.2, 0) is 11.2 Å². The van der Waals surface area contributed by atoms with Crippen molar-refractivity contribution in [3.8, 4) is 11.5 Å². The standard InChI is InChI=1S/C18H27N3O4/c1-4-12(2)20-17(22)13(3)21-18(23)19-8-7-14-5-6-15-16(11-14)25-10-9-24-15/h5-6,11-13H,4,7-10H2,1-3H3,(H,20,22)(H2,19,21,23)/t12-,13+/m1/s1. The third-order valence-electron chi connectivity index (χ3n) is 4.05. The average molecular weight is 349 g/mol. The zero-order valence-corrected chi connectivity index (χ0v) is 15.1. The first-order valence-electron chi connectivity index (χ1n) is 8.73. The molecule has 3 amide bonds. The smallest absolute Gasteiger partial charge is 0.315 e. The SMILES string of the molecule is CC[C@@H](C)NC(=O)[C@H](C)NC(=O)NCCc1ccc2c(c1)OCCO2. The van der Waals surface area contributed by atoms with E-state index in [1.807, 2.05) is 32.0 Å². The summed E-state index contributed by atoms with van der Waals surface area (Å²) < 4.78 is 11.0. The molecule has 7 heteroatoms. The fourth-order valence-electron chi connectivity index (χ4n) is 2.35.